The molecule has 0 saturated carbocycles. The molecule has 0 fully saturated rings. The summed E-state index contributed by atoms with van der Waals surface area (Å²) < 4.78 is 13.0. The van der Waals surface area contributed by atoms with Crippen LogP contribution in [-0.4, -0.2) is 25.9 Å². The van der Waals surface area contributed by atoms with Crippen molar-refractivity contribution in [3.05, 3.63) is 54.3 Å². The zero-order valence-electron chi connectivity index (χ0n) is 12.3. The van der Waals surface area contributed by atoms with Gasteiger partial charge in [-0.05, 0) is 36.4 Å². The van der Waals surface area contributed by atoms with Crippen LogP contribution in [-0.2, 0) is 9.59 Å². The molecule has 0 heterocycles. The Bertz CT molecular complexity index is 701. The number of benzene rings is 2. The summed E-state index contributed by atoms with van der Waals surface area (Å²) in [6.07, 6.45) is 0. The van der Waals surface area contributed by atoms with Gasteiger partial charge in [0, 0.05) is 31.2 Å². The van der Waals surface area contributed by atoms with Gasteiger partial charge in [0.05, 0.1) is 0 Å². The Morgan fingerprint density at radius 1 is 0.909 bits per heavy atom. The van der Waals surface area contributed by atoms with Crippen LogP contribution < -0.4 is 15.5 Å². The lowest BCUT2D eigenvalue weighted by molar-refractivity contribution is -0.132. The summed E-state index contributed by atoms with van der Waals surface area (Å²) in [6, 6.07) is 12.4. The van der Waals surface area contributed by atoms with Crippen LogP contribution in [0, 0.1) is 5.82 Å². The van der Waals surface area contributed by atoms with Crippen LogP contribution in [0.5, 0.6) is 0 Å². The summed E-state index contributed by atoms with van der Waals surface area (Å²) in [6.45, 7) is 0. The van der Waals surface area contributed by atoms with E-state index in [4.69, 9.17) is 0 Å². The van der Waals surface area contributed by atoms with Crippen molar-refractivity contribution in [1.29, 1.82) is 0 Å². The molecule has 0 unspecified atom stereocenters. The minimum absolute atomic E-state index is 0.224. The largest absolute Gasteiger partial charge is 0.378 e. The van der Waals surface area contributed by atoms with Crippen LogP contribution >= 0.6 is 0 Å². The van der Waals surface area contributed by atoms with E-state index in [1.165, 1.54) is 18.2 Å². The van der Waals surface area contributed by atoms with Gasteiger partial charge in [0.15, 0.2) is 0 Å². The van der Waals surface area contributed by atoms with Crippen molar-refractivity contribution in [2.24, 2.45) is 0 Å². The minimum atomic E-state index is -0.860. The number of nitrogens with one attached hydrogen (secondary N) is 2. The fourth-order valence-corrected chi connectivity index (χ4v) is 1.80. The molecule has 0 aliphatic rings. The third-order valence-corrected chi connectivity index (χ3v) is 2.91. The maximum Gasteiger partial charge on any atom is 0.314 e. The number of rotatable bonds is 3. The minimum Gasteiger partial charge on any atom is -0.378 e. The number of amides is 2. The van der Waals surface area contributed by atoms with Crippen LogP contribution in [0.4, 0.5) is 21.5 Å². The summed E-state index contributed by atoms with van der Waals surface area (Å²) >= 11 is 0. The van der Waals surface area contributed by atoms with E-state index in [0.29, 0.717) is 5.69 Å². The second kappa shape index (κ2) is 6.71. The first kappa shape index (κ1) is 15.5. The zero-order chi connectivity index (χ0) is 16.1. The quantitative estimate of drug-likeness (QED) is 0.856. The third kappa shape index (κ3) is 4.05. The van der Waals surface area contributed by atoms with Gasteiger partial charge in [-0.25, -0.2) is 4.39 Å². The van der Waals surface area contributed by atoms with Crippen LogP contribution in [0.15, 0.2) is 48.5 Å². The molecular formula is C16H16FN3O2. The van der Waals surface area contributed by atoms with Gasteiger partial charge in [0.25, 0.3) is 0 Å². The molecule has 6 heteroatoms. The van der Waals surface area contributed by atoms with E-state index in [1.807, 2.05) is 25.1 Å². The number of anilines is 3. The van der Waals surface area contributed by atoms with Crippen molar-refractivity contribution >= 4 is 28.9 Å². The first-order valence-corrected chi connectivity index (χ1v) is 6.61. The van der Waals surface area contributed by atoms with E-state index in [2.05, 4.69) is 10.6 Å². The fraction of sp³-hybridized carbons (Fsp3) is 0.125. The molecule has 2 N–H and O–H groups in total. The van der Waals surface area contributed by atoms with E-state index in [0.717, 1.165) is 11.8 Å². The van der Waals surface area contributed by atoms with Gasteiger partial charge in [-0.3, -0.25) is 9.59 Å². The van der Waals surface area contributed by atoms with Crippen LogP contribution in [0.1, 0.15) is 0 Å². The van der Waals surface area contributed by atoms with E-state index >= 15 is 0 Å². The van der Waals surface area contributed by atoms with Gasteiger partial charge in [-0.15, -0.1) is 0 Å². The molecular weight excluding hydrogens is 285 g/mol. The van der Waals surface area contributed by atoms with Gasteiger partial charge < -0.3 is 15.5 Å². The van der Waals surface area contributed by atoms with Crippen molar-refractivity contribution in [2.45, 2.75) is 0 Å². The molecule has 2 aromatic carbocycles. The highest BCUT2D eigenvalue weighted by Crippen LogP contribution is 2.17. The van der Waals surface area contributed by atoms with Crippen molar-refractivity contribution in [1.82, 2.24) is 0 Å². The first-order valence-electron chi connectivity index (χ1n) is 6.61. The average molecular weight is 301 g/mol. The highest BCUT2D eigenvalue weighted by atomic mass is 19.1. The first-order chi connectivity index (χ1) is 10.5. The summed E-state index contributed by atoms with van der Waals surface area (Å²) in [5, 5.41) is 4.84. The highest BCUT2D eigenvalue weighted by Gasteiger charge is 2.14. The average Bonchev–Trinajstić information content (AvgIpc) is 2.47. The summed E-state index contributed by atoms with van der Waals surface area (Å²) in [5.74, 6) is -2.17. The van der Waals surface area contributed by atoms with Crippen molar-refractivity contribution in [2.75, 3.05) is 29.6 Å². The molecule has 2 aromatic rings. The Labute approximate surface area is 127 Å². The Hall–Kier alpha value is -2.89. The Morgan fingerprint density at radius 3 is 2.00 bits per heavy atom. The molecule has 5 nitrogen and oxygen atoms in total. The van der Waals surface area contributed by atoms with E-state index < -0.39 is 17.6 Å². The lowest BCUT2D eigenvalue weighted by Crippen LogP contribution is -2.29. The highest BCUT2D eigenvalue weighted by molar-refractivity contribution is 6.43. The number of carbonyl (C=O) groups is 2. The maximum atomic E-state index is 13.0. The second-order valence-corrected chi connectivity index (χ2v) is 4.86. The zero-order valence-corrected chi connectivity index (χ0v) is 12.3. The molecule has 0 radical (unpaired) electrons. The van der Waals surface area contributed by atoms with Gasteiger partial charge >= 0.3 is 11.8 Å². The molecule has 114 valence electrons. The van der Waals surface area contributed by atoms with Crippen LogP contribution in [0.3, 0.4) is 0 Å². The molecule has 22 heavy (non-hydrogen) atoms. The third-order valence-electron chi connectivity index (χ3n) is 2.91. The van der Waals surface area contributed by atoms with Crippen molar-refractivity contribution < 1.29 is 14.0 Å². The van der Waals surface area contributed by atoms with E-state index in [9.17, 15) is 14.0 Å². The normalized spacial score (nSPS) is 9.95. The monoisotopic (exact) mass is 301 g/mol. The van der Waals surface area contributed by atoms with Crippen LogP contribution in [0.25, 0.3) is 0 Å². The number of hydrogen-bond donors (Lipinski definition) is 2. The van der Waals surface area contributed by atoms with Crippen LogP contribution in [0.2, 0.25) is 0 Å². The molecule has 2 amide bonds. The number of hydrogen-bond acceptors (Lipinski definition) is 3. The maximum absolute atomic E-state index is 13.0. The molecule has 0 bridgehead atoms. The molecule has 0 spiro atoms. The number of nitrogens with zero attached hydrogens (tertiary/aromatic N) is 1. The standard InChI is InChI=1S/C16H16FN3O2/c1-20(2)14-8-4-7-13(10-14)19-16(22)15(21)18-12-6-3-5-11(17)9-12/h3-10H,1-2H3,(H,18,21)(H,19,22). The lowest BCUT2D eigenvalue weighted by atomic mass is 10.2. The van der Waals surface area contributed by atoms with E-state index in [1.54, 1.807) is 18.2 Å². The molecule has 0 saturated heterocycles. The lowest BCUT2D eigenvalue weighted by Gasteiger charge is -2.14. The smallest absolute Gasteiger partial charge is 0.314 e. The van der Waals surface area contributed by atoms with Gasteiger partial charge in [-0.1, -0.05) is 12.1 Å². The SMILES string of the molecule is CN(C)c1cccc(NC(=O)C(=O)Nc2cccc(F)c2)c1. The second-order valence-electron chi connectivity index (χ2n) is 4.86. The topological polar surface area (TPSA) is 61.4 Å². The Kier molecular flexibility index (Phi) is 4.73. The van der Waals surface area contributed by atoms with Crippen molar-refractivity contribution in [3.8, 4) is 0 Å². The van der Waals surface area contributed by atoms with Gasteiger partial charge in [0.2, 0.25) is 0 Å². The predicted octanol–water partition coefficient (Wildman–Crippen LogP) is 2.47. The fourth-order valence-electron chi connectivity index (χ4n) is 1.80. The molecule has 0 aliphatic heterocycles. The molecule has 2 rings (SSSR count). The Balaban J connectivity index is 2.02. The molecule has 0 atom stereocenters. The molecule has 0 aliphatic carbocycles. The predicted molar refractivity (Wildman–Crippen MR) is 84.4 cm³/mol. The summed E-state index contributed by atoms with van der Waals surface area (Å²) in [4.78, 5) is 25.5. The van der Waals surface area contributed by atoms with E-state index in [-0.39, 0.29) is 5.69 Å². The summed E-state index contributed by atoms with van der Waals surface area (Å²) in [7, 11) is 3.75. The summed E-state index contributed by atoms with van der Waals surface area (Å²) in [5.41, 5.74) is 1.62. The van der Waals surface area contributed by atoms with Crippen molar-refractivity contribution in [3.63, 3.8) is 0 Å². The molecule has 0 aromatic heterocycles. The number of halogens is 1. The van der Waals surface area contributed by atoms with Gasteiger partial charge in [0.1, 0.15) is 5.82 Å². The number of carbonyl (C=O) groups excluding carboxylic acids is 2. The van der Waals surface area contributed by atoms with Gasteiger partial charge in [-0.2, -0.15) is 0 Å². The Morgan fingerprint density at radius 2 is 1.45 bits per heavy atom.